The van der Waals surface area contributed by atoms with Crippen molar-refractivity contribution >= 4 is 57.9 Å². The van der Waals surface area contributed by atoms with Gasteiger partial charge in [-0.15, -0.1) is 5.10 Å². The molecule has 1 atom stereocenters. The van der Waals surface area contributed by atoms with Crippen LogP contribution in [0.1, 0.15) is 33.5 Å². The van der Waals surface area contributed by atoms with Crippen LogP contribution in [0.2, 0.25) is 10.2 Å². The average Bonchev–Trinajstić information content (AvgIpc) is 3.75. The molecule has 0 aliphatic rings. The van der Waals surface area contributed by atoms with Crippen molar-refractivity contribution in [3.05, 3.63) is 112 Å². The molecule has 6 aromatic rings. The van der Waals surface area contributed by atoms with Crippen LogP contribution in [0.15, 0.2) is 79.0 Å². The minimum absolute atomic E-state index is 0.221. The van der Waals surface area contributed by atoms with E-state index in [4.69, 9.17) is 33.9 Å². The van der Waals surface area contributed by atoms with Gasteiger partial charge < -0.3 is 21.1 Å². The van der Waals surface area contributed by atoms with Crippen molar-refractivity contribution in [1.29, 1.82) is 0 Å². The number of carbonyl (C=O) groups excluding carboxylic acids is 1. The summed E-state index contributed by atoms with van der Waals surface area (Å²) in [5.41, 5.74) is 9.66. The monoisotopic (exact) mass is 627 g/mol. The maximum atomic E-state index is 13.3. The van der Waals surface area contributed by atoms with Crippen molar-refractivity contribution in [2.75, 3.05) is 5.73 Å². The van der Waals surface area contributed by atoms with Crippen LogP contribution in [0.3, 0.4) is 0 Å². The fraction of sp³-hybridized carbons (Fsp3) is 0.0667. The van der Waals surface area contributed by atoms with E-state index in [9.17, 15) is 14.7 Å². The molecule has 0 radical (unpaired) electrons. The summed E-state index contributed by atoms with van der Waals surface area (Å²) in [6.45, 7) is 0. The van der Waals surface area contributed by atoms with E-state index in [1.807, 2.05) is 48.5 Å². The normalized spacial score (nSPS) is 12.1. The number of hydrogen-bond acceptors (Lipinski definition) is 7. The fourth-order valence-corrected chi connectivity index (χ4v) is 5.14. The Hall–Kier alpha value is -5.46. The van der Waals surface area contributed by atoms with E-state index in [1.165, 1.54) is 17.0 Å². The number of halogens is 2. The predicted octanol–water partition coefficient (Wildman–Crippen LogP) is 5.23. The van der Waals surface area contributed by atoms with Gasteiger partial charge in [-0.1, -0.05) is 64.8 Å². The Morgan fingerprint density at radius 2 is 1.91 bits per heavy atom. The van der Waals surface area contributed by atoms with Crippen LogP contribution < -0.4 is 11.1 Å². The number of aromatic amines is 2. The number of carbonyl (C=O) groups is 2. The smallest absolute Gasteiger partial charge is 0.358 e. The molecular formula is C30H23Cl2N9O3. The SMILES string of the molecule is Nc1n[nH]c2cc(-c3nc([C@H](Cc4ccccc4)NC(=O)/C=C/c4cc(Cl)ccc4-n4cc(C(=O)O)nn4)[nH]c3Cl)ccc12. The van der Waals surface area contributed by atoms with Crippen LogP contribution >= 0.6 is 23.2 Å². The van der Waals surface area contributed by atoms with E-state index in [0.29, 0.717) is 45.2 Å². The molecule has 0 saturated heterocycles. The largest absolute Gasteiger partial charge is 0.476 e. The van der Waals surface area contributed by atoms with Crippen molar-refractivity contribution in [3.8, 4) is 16.9 Å². The Morgan fingerprint density at radius 3 is 2.68 bits per heavy atom. The van der Waals surface area contributed by atoms with Gasteiger partial charge in [-0.2, -0.15) is 5.10 Å². The molecule has 0 bridgehead atoms. The van der Waals surface area contributed by atoms with Crippen LogP contribution in [0.5, 0.6) is 0 Å². The van der Waals surface area contributed by atoms with E-state index in [1.54, 1.807) is 24.3 Å². The van der Waals surface area contributed by atoms with Gasteiger partial charge in [-0.3, -0.25) is 9.89 Å². The zero-order valence-corrected chi connectivity index (χ0v) is 24.2. The molecular weight excluding hydrogens is 605 g/mol. The van der Waals surface area contributed by atoms with Crippen LogP contribution in [-0.2, 0) is 11.2 Å². The first-order chi connectivity index (χ1) is 21.2. The molecule has 0 aliphatic heterocycles. The number of hydrogen-bond donors (Lipinski definition) is 5. The summed E-state index contributed by atoms with van der Waals surface area (Å²) in [4.78, 5) is 32.5. The summed E-state index contributed by atoms with van der Waals surface area (Å²) in [6, 6.07) is 19.6. The number of benzene rings is 3. The third-order valence-corrected chi connectivity index (χ3v) is 7.34. The zero-order chi connectivity index (χ0) is 30.8. The molecule has 3 aromatic carbocycles. The lowest BCUT2D eigenvalue weighted by Crippen LogP contribution is -2.29. The number of nitrogen functional groups attached to an aromatic ring is 1. The molecule has 0 saturated carbocycles. The Morgan fingerprint density at radius 1 is 1.09 bits per heavy atom. The second-order valence-corrected chi connectivity index (χ2v) is 10.6. The maximum absolute atomic E-state index is 13.3. The summed E-state index contributed by atoms with van der Waals surface area (Å²) in [7, 11) is 0. The third-order valence-electron chi connectivity index (χ3n) is 6.84. The highest BCUT2D eigenvalue weighted by atomic mass is 35.5. The minimum atomic E-state index is -1.21. The molecule has 3 aromatic heterocycles. The van der Waals surface area contributed by atoms with E-state index in [2.05, 4.69) is 30.8 Å². The first-order valence-corrected chi connectivity index (χ1v) is 14.0. The molecule has 14 heteroatoms. The topological polar surface area (TPSA) is 180 Å². The van der Waals surface area contributed by atoms with Gasteiger partial charge in [0.25, 0.3) is 0 Å². The summed E-state index contributed by atoms with van der Waals surface area (Å²) in [6.07, 6.45) is 4.61. The number of H-pyrrole nitrogens is 2. The average molecular weight is 628 g/mol. The number of nitrogens with zero attached hydrogens (tertiary/aromatic N) is 5. The number of rotatable bonds is 9. The number of fused-ring (bicyclic) bond motifs is 1. The van der Waals surface area contributed by atoms with Gasteiger partial charge in [0.2, 0.25) is 5.91 Å². The highest BCUT2D eigenvalue weighted by Gasteiger charge is 2.21. The zero-order valence-electron chi connectivity index (χ0n) is 22.7. The van der Waals surface area contributed by atoms with Gasteiger partial charge in [0.15, 0.2) is 11.5 Å². The number of amides is 1. The van der Waals surface area contributed by atoms with Crippen LogP contribution in [0.25, 0.3) is 33.9 Å². The van der Waals surface area contributed by atoms with Gasteiger partial charge in [0.1, 0.15) is 16.7 Å². The molecule has 3 heterocycles. The molecule has 6 rings (SSSR count). The first-order valence-electron chi connectivity index (χ1n) is 13.2. The van der Waals surface area contributed by atoms with Crippen molar-refractivity contribution in [1.82, 2.24) is 40.5 Å². The van der Waals surface area contributed by atoms with E-state index < -0.39 is 17.9 Å². The number of nitrogens with one attached hydrogen (secondary N) is 3. The van der Waals surface area contributed by atoms with Crippen LogP contribution in [0, 0.1) is 0 Å². The van der Waals surface area contributed by atoms with Gasteiger partial charge in [0, 0.05) is 27.6 Å². The number of aromatic carboxylic acids is 1. The van der Waals surface area contributed by atoms with E-state index in [0.717, 1.165) is 22.0 Å². The fourth-order valence-electron chi connectivity index (χ4n) is 4.71. The highest BCUT2D eigenvalue weighted by molar-refractivity contribution is 6.32. The lowest BCUT2D eigenvalue weighted by atomic mass is 10.1. The minimum Gasteiger partial charge on any atom is -0.476 e. The summed E-state index contributed by atoms with van der Waals surface area (Å²) in [5.74, 6) is -0.758. The number of anilines is 1. The first kappa shape index (κ1) is 28.6. The van der Waals surface area contributed by atoms with Crippen molar-refractivity contribution in [2.24, 2.45) is 0 Å². The van der Waals surface area contributed by atoms with E-state index >= 15 is 0 Å². The predicted molar refractivity (Wildman–Crippen MR) is 166 cm³/mol. The molecule has 0 spiro atoms. The molecule has 0 fully saturated rings. The molecule has 0 unspecified atom stereocenters. The van der Waals surface area contributed by atoms with Gasteiger partial charge in [0.05, 0.1) is 23.4 Å². The lowest BCUT2D eigenvalue weighted by Gasteiger charge is -2.16. The maximum Gasteiger partial charge on any atom is 0.358 e. The third kappa shape index (κ3) is 6.02. The van der Waals surface area contributed by atoms with Crippen LogP contribution in [-0.4, -0.2) is 52.1 Å². The number of imidazole rings is 1. The van der Waals surface area contributed by atoms with Crippen molar-refractivity contribution in [3.63, 3.8) is 0 Å². The Kier molecular flexibility index (Phi) is 7.84. The quantitative estimate of drug-likeness (QED) is 0.135. The highest BCUT2D eigenvalue weighted by Crippen LogP contribution is 2.31. The number of carboxylic acid groups (broad SMARTS) is 1. The lowest BCUT2D eigenvalue weighted by molar-refractivity contribution is -0.117. The van der Waals surface area contributed by atoms with E-state index in [-0.39, 0.29) is 5.69 Å². The molecule has 12 nitrogen and oxygen atoms in total. The van der Waals surface area contributed by atoms with Gasteiger partial charge in [-0.05, 0) is 48.4 Å². The molecule has 44 heavy (non-hydrogen) atoms. The Bertz CT molecular complexity index is 2030. The van der Waals surface area contributed by atoms with Crippen molar-refractivity contribution < 1.29 is 14.7 Å². The summed E-state index contributed by atoms with van der Waals surface area (Å²) < 4.78 is 1.30. The van der Waals surface area contributed by atoms with Crippen molar-refractivity contribution in [2.45, 2.75) is 12.5 Å². The van der Waals surface area contributed by atoms with Gasteiger partial charge >= 0.3 is 5.97 Å². The molecule has 0 aliphatic carbocycles. The summed E-state index contributed by atoms with van der Waals surface area (Å²) in [5, 5.41) is 28.2. The molecule has 6 N–H and O–H groups in total. The summed E-state index contributed by atoms with van der Waals surface area (Å²) >= 11 is 12.8. The second kappa shape index (κ2) is 12.0. The Balaban J connectivity index is 1.29. The number of carboxylic acids is 1. The molecule has 220 valence electrons. The van der Waals surface area contributed by atoms with Gasteiger partial charge in [-0.25, -0.2) is 14.5 Å². The standard InChI is InChI=1S/C30H23Cl2N9O3/c31-19-8-10-24(41-15-23(30(43)44)38-40-41)17(13-19)7-11-25(42)34-22(12-16-4-2-1-3-5-16)29-35-26(27(32)36-29)18-6-9-20-21(14-18)37-39-28(20)33/h1-11,13-15,22H,12H2,(H,34,42)(H,35,36)(H,43,44)(H3,33,37,39)/b11-7+/t22-/m0/s1. The second-order valence-electron chi connectivity index (χ2n) is 9.79. The van der Waals surface area contributed by atoms with Crippen LogP contribution in [0.4, 0.5) is 5.82 Å². The number of aromatic nitrogens is 7. The Labute approximate surface area is 259 Å². The molecule has 1 amide bonds. The number of nitrogens with two attached hydrogens (primary N) is 1.